The van der Waals surface area contributed by atoms with E-state index >= 15 is 0 Å². The van der Waals surface area contributed by atoms with Gasteiger partial charge in [0.15, 0.2) is 0 Å². The zero-order valence-electron chi connectivity index (χ0n) is 14.3. The van der Waals surface area contributed by atoms with Gasteiger partial charge < -0.3 is 20.3 Å². The SMILES string of the molecule is CC(C)(CCO)CNC(=O)NCc1ccc(Cn2ccnc2)cc1. The van der Waals surface area contributed by atoms with Crippen LogP contribution in [-0.2, 0) is 13.1 Å². The molecule has 0 saturated heterocycles. The second-order valence-electron chi connectivity index (χ2n) is 6.73. The Balaban J connectivity index is 1.74. The lowest BCUT2D eigenvalue weighted by atomic mass is 9.90. The van der Waals surface area contributed by atoms with Gasteiger partial charge in [-0.1, -0.05) is 38.1 Å². The van der Waals surface area contributed by atoms with Crippen molar-refractivity contribution in [3.05, 3.63) is 54.1 Å². The fourth-order valence-corrected chi connectivity index (χ4v) is 2.31. The molecule has 6 heteroatoms. The van der Waals surface area contributed by atoms with E-state index in [1.54, 1.807) is 12.5 Å². The summed E-state index contributed by atoms with van der Waals surface area (Å²) in [5, 5.41) is 14.7. The third-order valence-electron chi connectivity index (χ3n) is 3.92. The number of carbonyl (C=O) groups is 1. The van der Waals surface area contributed by atoms with Gasteiger partial charge in [0.2, 0.25) is 0 Å². The highest BCUT2D eigenvalue weighted by Gasteiger charge is 2.17. The molecule has 24 heavy (non-hydrogen) atoms. The summed E-state index contributed by atoms with van der Waals surface area (Å²) in [5.41, 5.74) is 2.13. The molecule has 3 N–H and O–H groups in total. The van der Waals surface area contributed by atoms with Gasteiger partial charge in [0.25, 0.3) is 0 Å². The maximum atomic E-state index is 11.9. The molecular formula is C18H26N4O2. The predicted molar refractivity (Wildman–Crippen MR) is 93.5 cm³/mol. The minimum Gasteiger partial charge on any atom is -0.396 e. The van der Waals surface area contributed by atoms with Crippen LogP contribution in [0.15, 0.2) is 43.0 Å². The van der Waals surface area contributed by atoms with E-state index in [-0.39, 0.29) is 18.1 Å². The number of aliphatic hydroxyl groups is 1. The molecule has 0 bridgehead atoms. The molecule has 0 spiro atoms. The second-order valence-corrected chi connectivity index (χ2v) is 6.73. The molecule has 0 aliphatic heterocycles. The summed E-state index contributed by atoms with van der Waals surface area (Å²) in [5.74, 6) is 0. The number of nitrogens with one attached hydrogen (secondary N) is 2. The van der Waals surface area contributed by atoms with E-state index in [1.807, 2.05) is 36.7 Å². The van der Waals surface area contributed by atoms with Crippen LogP contribution in [0.1, 0.15) is 31.4 Å². The van der Waals surface area contributed by atoms with Crippen LogP contribution < -0.4 is 10.6 Å². The molecule has 0 aliphatic carbocycles. The van der Waals surface area contributed by atoms with Crippen LogP contribution >= 0.6 is 0 Å². The van der Waals surface area contributed by atoms with Gasteiger partial charge in [0.05, 0.1) is 6.33 Å². The molecule has 2 amide bonds. The first kappa shape index (κ1) is 18.0. The third-order valence-corrected chi connectivity index (χ3v) is 3.92. The number of amides is 2. The smallest absolute Gasteiger partial charge is 0.315 e. The van der Waals surface area contributed by atoms with Gasteiger partial charge in [-0.05, 0) is 23.0 Å². The van der Waals surface area contributed by atoms with E-state index in [9.17, 15) is 4.79 Å². The molecule has 0 atom stereocenters. The molecule has 1 aromatic heterocycles. The van der Waals surface area contributed by atoms with E-state index in [1.165, 1.54) is 5.56 Å². The van der Waals surface area contributed by atoms with Crippen molar-refractivity contribution in [2.24, 2.45) is 5.41 Å². The number of benzene rings is 1. The normalized spacial score (nSPS) is 11.3. The molecule has 0 radical (unpaired) electrons. The van der Waals surface area contributed by atoms with Crippen molar-refractivity contribution in [3.63, 3.8) is 0 Å². The van der Waals surface area contributed by atoms with Crippen LogP contribution in [0.4, 0.5) is 4.79 Å². The first-order valence-corrected chi connectivity index (χ1v) is 8.15. The number of carbonyl (C=O) groups excluding carboxylic acids is 1. The first-order valence-electron chi connectivity index (χ1n) is 8.15. The zero-order valence-corrected chi connectivity index (χ0v) is 14.3. The van der Waals surface area contributed by atoms with Crippen LogP contribution in [0.2, 0.25) is 0 Å². The van der Waals surface area contributed by atoms with Crippen molar-refractivity contribution in [3.8, 4) is 0 Å². The maximum absolute atomic E-state index is 11.9. The fraction of sp³-hybridized carbons (Fsp3) is 0.444. The number of hydrogen-bond acceptors (Lipinski definition) is 3. The Morgan fingerprint density at radius 2 is 1.92 bits per heavy atom. The molecule has 0 unspecified atom stereocenters. The molecule has 0 saturated carbocycles. The van der Waals surface area contributed by atoms with E-state index in [0.29, 0.717) is 19.5 Å². The van der Waals surface area contributed by atoms with Crippen molar-refractivity contribution < 1.29 is 9.90 Å². The van der Waals surface area contributed by atoms with Crippen molar-refractivity contribution >= 4 is 6.03 Å². The summed E-state index contributed by atoms with van der Waals surface area (Å²) in [6.45, 7) is 5.96. The van der Waals surface area contributed by atoms with Crippen molar-refractivity contribution in [1.82, 2.24) is 20.2 Å². The Bertz CT molecular complexity index is 621. The van der Waals surface area contributed by atoms with Crippen LogP contribution in [0.25, 0.3) is 0 Å². The molecule has 6 nitrogen and oxygen atoms in total. The molecular weight excluding hydrogens is 304 g/mol. The standard InChI is InChI=1S/C18H26N4O2/c1-18(2,7-10-23)13-21-17(24)20-11-15-3-5-16(6-4-15)12-22-9-8-19-14-22/h3-6,8-9,14,23H,7,10-13H2,1-2H3,(H2,20,21,24). The Morgan fingerprint density at radius 3 is 2.54 bits per heavy atom. The van der Waals surface area contributed by atoms with Crippen molar-refractivity contribution in [2.75, 3.05) is 13.2 Å². The molecule has 2 aromatic rings. The molecule has 1 aromatic carbocycles. The minimum absolute atomic E-state index is 0.110. The van der Waals surface area contributed by atoms with Crippen molar-refractivity contribution in [2.45, 2.75) is 33.4 Å². The highest BCUT2D eigenvalue weighted by atomic mass is 16.3. The fourth-order valence-electron chi connectivity index (χ4n) is 2.31. The lowest BCUT2D eigenvalue weighted by molar-refractivity contribution is 0.201. The number of aromatic nitrogens is 2. The Hall–Kier alpha value is -2.34. The van der Waals surface area contributed by atoms with Crippen LogP contribution in [0.5, 0.6) is 0 Å². The first-order chi connectivity index (χ1) is 11.5. The van der Waals surface area contributed by atoms with Gasteiger partial charge in [0, 0.05) is 38.6 Å². The van der Waals surface area contributed by atoms with Gasteiger partial charge in [-0.2, -0.15) is 0 Å². The van der Waals surface area contributed by atoms with Gasteiger partial charge in [-0.15, -0.1) is 0 Å². The molecule has 2 rings (SSSR count). The van der Waals surface area contributed by atoms with Crippen LogP contribution in [0.3, 0.4) is 0 Å². The second kappa shape index (κ2) is 8.49. The highest BCUT2D eigenvalue weighted by molar-refractivity contribution is 5.73. The van der Waals surface area contributed by atoms with E-state index < -0.39 is 0 Å². The number of imidazole rings is 1. The average Bonchev–Trinajstić information content (AvgIpc) is 3.05. The topological polar surface area (TPSA) is 79.2 Å². The van der Waals surface area contributed by atoms with Crippen LogP contribution in [0, 0.1) is 5.41 Å². The van der Waals surface area contributed by atoms with Crippen LogP contribution in [-0.4, -0.2) is 33.8 Å². The lowest BCUT2D eigenvalue weighted by Gasteiger charge is -2.23. The number of urea groups is 1. The summed E-state index contributed by atoms with van der Waals surface area (Å²) in [7, 11) is 0. The monoisotopic (exact) mass is 330 g/mol. The zero-order chi connectivity index (χ0) is 17.4. The molecule has 0 aliphatic rings. The minimum atomic E-state index is -0.191. The number of hydrogen-bond donors (Lipinski definition) is 3. The average molecular weight is 330 g/mol. The largest absolute Gasteiger partial charge is 0.396 e. The predicted octanol–water partition coefficient (Wildman–Crippen LogP) is 2.14. The summed E-state index contributed by atoms with van der Waals surface area (Å²) >= 11 is 0. The molecule has 130 valence electrons. The number of nitrogens with zero attached hydrogens (tertiary/aromatic N) is 2. The van der Waals surface area contributed by atoms with Gasteiger partial charge in [-0.3, -0.25) is 0 Å². The Kier molecular flexibility index (Phi) is 6.37. The van der Waals surface area contributed by atoms with Gasteiger partial charge in [0.1, 0.15) is 0 Å². The lowest BCUT2D eigenvalue weighted by Crippen LogP contribution is -2.40. The summed E-state index contributed by atoms with van der Waals surface area (Å²) in [4.78, 5) is 15.9. The van der Waals surface area contributed by atoms with E-state index in [0.717, 1.165) is 12.1 Å². The third kappa shape index (κ3) is 6.04. The quantitative estimate of drug-likeness (QED) is 0.694. The van der Waals surface area contributed by atoms with Gasteiger partial charge >= 0.3 is 6.03 Å². The molecule has 1 heterocycles. The maximum Gasteiger partial charge on any atom is 0.315 e. The Morgan fingerprint density at radius 1 is 1.21 bits per heavy atom. The molecule has 0 fully saturated rings. The highest BCUT2D eigenvalue weighted by Crippen LogP contribution is 2.17. The van der Waals surface area contributed by atoms with Gasteiger partial charge in [-0.25, -0.2) is 9.78 Å². The van der Waals surface area contributed by atoms with E-state index in [2.05, 4.69) is 27.8 Å². The van der Waals surface area contributed by atoms with Crippen molar-refractivity contribution in [1.29, 1.82) is 0 Å². The summed E-state index contributed by atoms with van der Waals surface area (Å²) in [6, 6.07) is 7.95. The summed E-state index contributed by atoms with van der Waals surface area (Å²) < 4.78 is 2.01. The summed E-state index contributed by atoms with van der Waals surface area (Å²) in [6.07, 6.45) is 6.14. The van der Waals surface area contributed by atoms with E-state index in [4.69, 9.17) is 5.11 Å². The number of aliphatic hydroxyl groups excluding tert-OH is 1. The Labute approximate surface area is 142 Å². The number of rotatable bonds is 8.